The van der Waals surface area contributed by atoms with Gasteiger partial charge in [-0.25, -0.2) is 9.37 Å². The van der Waals surface area contributed by atoms with Gasteiger partial charge < -0.3 is 18.8 Å². The summed E-state index contributed by atoms with van der Waals surface area (Å²) in [5.74, 6) is -0.661. The molecule has 0 radical (unpaired) electrons. The molecule has 30 heavy (non-hydrogen) atoms. The Morgan fingerprint density at radius 1 is 1.17 bits per heavy atom. The topological polar surface area (TPSA) is 45.5 Å². The lowest BCUT2D eigenvalue weighted by Gasteiger charge is -2.28. The Kier molecular flexibility index (Phi) is 6.58. The van der Waals surface area contributed by atoms with Gasteiger partial charge in [0.05, 0.1) is 29.5 Å². The Balaban J connectivity index is 1.43. The molecule has 0 bridgehead atoms. The average Bonchev–Trinajstić information content (AvgIpc) is 3.38. The number of nitrogens with zero attached hydrogens (tertiary/aromatic N) is 2. The van der Waals surface area contributed by atoms with Crippen molar-refractivity contribution in [3.63, 3.8) is 0 Å². The van der Waals surface area contributed by atoms with Crippen LogP contribution in [0.2, 0.25) is 10.0 Å². The molecule has 1 aliphatic heterocycles. The molecule has 1 aliphatic rings. The third kappa shape index (κ3) is 5.13. The lowest BCUT2D eigenvalue weighted by molar-refractivity contribution is -0.184. The Hall–Kier alpha value is -2.12. The van der Waals surface area contributed by atoms with Gasteiger partial charge in [-0.05, 0) is 36.2 Å². The molecule has 2 aromatic carbocycles. The van der Waals surface area contributed by atoms with E-state index >= 15 is 0 Å². The summed E-state index contributed by atoms with van der Waals surface area (Å²) in [5.41, 5.74) is 1.01. The van der Waals surface area contributed by atoms with Gasteiger partial charge >= 0.3 is 0 Å². The first-order valence-electron chi connectivity index (χ1n) is 9.62. The number of imidazole rings is 1. The zero-order valence-corrected chi connectivity index (χ0v) is 17.7. The highest BCUT2D eigenvalue weighted by atomic mass is 35.5. The fourth-order valence-electron chi connectivity index (χ4n) is 3.43. The number of aromatic nitrogens is 2. The van der Waals surface area contributed by atoms with Gasteiger partial charge in [0, 0.05) is 18.8 Å². The highest BCUT2D eigenvalue weighted by Crippen LogP contribution is 2.35. The fraction of sp³-hybridized carbons (Fsp3) is 0.318. The smallest absolute Gasteiger partial charge is 0.187 e. The molecule has 1 saturated heterocycles. The maximum absolute atomic E-state index is 13.2. The molecule has 158 valence electrons. The van der Waals surface area contributed by atoms with Crippen molar-refractivity contribution in [1.29, 1.82) is 0 Å². The van der Waals surface area contributed by atoms with Crippen molar-refractivity contribution in [3.05, 3.63) is 82.6 Å². The zero-order chi connectivity index (χ0) is 21.0. The molecule has 2 heterocycles. The maximum atomic E-state index is 13.2. The summed E-state index contributed by atoms with van der Waals surface area (Å²) in [6.07, 6.45) is 6.29. The average molecular weight is 451 g/mol. The third-order valence-electron chi connectivity index (χ3n) is 4.94. The normalized spacial score (nSPS) is 21.1. The van der Waals surface area contributed by atoms with Crippen LogP contribution in [0.1, 0.15) is 12.0 Å². The van der Waals surface area contributed by atoms with Gasteiger partial charge in [-0.1, -0.05) is 41.4 Å². The highest BCUT2D eigenvalue weighted by molar-refractivity contribution is 6.37. The molecule has 0 aliphatic carbocycles. The highest BCUT2D eigenvalue weighted by Gasteiger charge is 2.42. The van der Waals surface area contributed by atoms with E-state index in [9.17, 15) is 4.39 Å². The van der Waals surface area contributed by atoms with Gasteiger partial charge in [-0.3, -0.25) is 0 Å². The van der Waals surface area contributed by atoms with Gasteiger partial charge in [0.2, 0.25) is 0 Å². The van der Waals surface area contributed by atoms with Gasteiger partial charge in [0.1, 0.15) is 18.5 Å². The van der Waals surface area contributed by atoms with Crippen LogP contribution in [0.15, 0.2) is 61.2 Å². The number of benzene rings is 2. The molecule has 0 amide bonds. The fourth-order valence-corrected chi connectivity index (χ4v) is 3.94. The minimum Gasteiger partial charge on any atom is -0.488 e. The molecule has 5 nitrogen and oxygen atoms in total. The third-order valence-corrected chi connectivity index (χ3v) is 5.53. The zero-order valence-electron chi connectivity index (χ0n) is 16.1. The van der Waals surface area contributed by atoms with E-state index in [0.29, 0.717) is 41.8 Å². The Bertz CT molecular complexity index is 949. The van der Waals surface area contributed by atoms with E-state index in [1.165, 1.54) is 12.1 Å². The number of para-hydroxylation sites is 1. The molecule has 0 spiro atoms. The van der Waals surface area contributed by atoms with E-state index in [-0.39, 0.29) is 18.5 Å². The van der Waals surface area contributed by atoms with Crippen molar-refractivity contribution in [3.8, 4) is 5.75 Å². The second-order valence-corrected chi connectivity index (χ2v) is 8.00. The van der Waals surface area contributed by atoms with Crippen LogP contribution >= 0.6 is 23.2 Å². The first-order chi connectivity index (χ1) is 14.5. The predicted octanol–water partition coefficient (Wildman–Crippen LogP) is 5.15. The lowest BCUT2D eigenvalue weighted by Crippen LogP contribution is -2.37. The van der Waals surface area contributed by atoms with Crippen LogP contribution in [0.5, 0.6) is 5.75 Å². The Morgan fingerprint density at radius 2 is 1.93 bits per heavy atom. The van der Waals surface area contributed by atoms with Crippen molar-refractivity contribution in [2.45, 2.75) is 31.3 Å². The summed E-state index contributed by atoms with van der Waals surface area (Å²) in [7, 11) is 0. The summed E-state index contributed by atoms with van der Waals surface area (Å²) < 4.78 is 33.4. The SMILES string of the molecule is Fc1ccc(CCC2(Cn3ccnc3)OCC(COc3c(Cl)cccc3Cl)O2)cc1. The van der Waals surface area contributed by atoms with Crippen molar-refractivity contribution in [2.24, 2.45) is 0 Å². The lowest BCUT2D eigenvalue weighted by atomic mass is 10.0. The van der Waals surface area contributed by atoms with E-state index < -0.39 is 5.79 Å². The monoisotopic (exact) mass is 450 g/mol. The molecular formula is C22H21Cl2FN2O3. The number of hydrogen-bond acceptors (Lipinski definition) is 4. The molecule has 1 aromatic heterocycles. The van der Waals surface area contributed by atoms with Crippen molar-refractivity contribution in [1.82, 2.24) is 9.55 Å². The quantitative estimate of drug-likeness (QED) is 0.475. The van der Waals surface area contributed by atoms with Crippen LogP contribution in [0.25, 0.3) is 0 Å². The minimum atomic E-state index is -0.840. The molecular weight excluding hydrogens is 430 g/mol. The van der Waals surface area contributed by atoms with E-state index in [1.807, 2.05) is 10.8 Å². The summed E-state index contributed by atoms with van der Waals surface area (Å²) >= 11 is 12.4. The summed E-state index contributed by atoms with van der Waals surface area (Å²) in [4.78, 5) is 4.09. The van der Waals surface area contributed by atoms with E-state index in [1.54, 1.807) is 42.9 Å². The molecule has 2 atom stereocenters. The molecule has 2 unspecified atom stereocenters. The van der Waals surface area contributed by atoms with Crippen molar-refractivity contribution in [2.75, 3.05) is 13.2 Å². The minimum absolute atomic E-state index is 0.254. The van der Waals surface area contributed by atoms with Gasteiger partial charge in [0.15, 0.2) is 11.5 Å². The molecule has 0 saturated carbocycles. The standard InChI is InChI=1S/C22H21Cl2FN2O3/c23-19-2-1-3-20(24)21(19)28-12-18-13-29-22(30-18,14-27-11-10-26-15-27)9-8-16-4-6-17(25)7-5-16/h1-7,10-11,15,18H,8-9,12-14H2. The van der Waals surface area contributed by atoms with Crippen LogP contribution in [0.3, 0.4) is 0 Å². The van der Waals surface area contributed by atoms with Crippen LogP contribution in [0, 0.1) is 5.82 Å². The Morgan fingerprint density at radius 3 is 2.63 bits per heavy atom. The maximum Gasteiger partial charge on any atom is 0.187 e. The molecule has 3 aromatic rings. The van der Waals surface area contributed by atoms with E-state index in [4.69, 9.17) is 37.4 Å². The van der Waals surface area contributed by atoms with Gasteiger partial charge in [0.25, 0.3) is 0 Å². The molecule has 8 heteroatoms. The summed E-state index contributed by atoms with van der Waals surface area (Å²) in [5, 5.41) is 0.893. The number of ether oxygens (including phenoxy) is 3. The van der Waals surface area contributed by atoms with E-state index in [0.717, 1.165) is 5.56 Å². The van der Waals surface area contributed by atoms with Crippen LogP contribution in [-0.2, 0) is 22.4 Å². The predicted molar refractivity (Wildman–Crippen MR) is 112 cm³/mol. The van der Waals surface area contributed by atoms with Crippen molar-refractivity contribution >= 4 is 23.2 Å². The van der Waals surface area contributed by atoms with Gasteiger partial charge in [-0.2, -0.15) is 0 Å². The van der Waals surface area contributed by atoms with Crippen LogP contribution in [0.4, 0.5) is 4.39 Å². The number of halogens is 3. The number of hydrogen-bond donors (Lipinski definition) is 0. The first kappa shape index (κ1) is 21.1. The van der Waals surface area contributed by atoms with Crippen molar-refractivity contribution < 1.29 is 18.6 Å². The molecule has 1 fully saturated rings. The first-order valence-corrected chi connectivity index (χ1v) is 10.4. The van der Waals surface area contributed by atoms with Gasteiger partial charge in [-0.15, -0.1) is 0 Å². The summed E-state index contributed by atoms with van der Waals surface area (Å²) in [6.45, 7) is 1.11. The summed E-state index contributed by atoms with van der Waals surface area (Å²) in [6, 6.07) is 11.7. The number of aryl methyl sites for hydroxylation is 1. The number of rotatable bonds is 8. The largest absolute Gasteiger partial charge is 0.488 e. The van der Waals surface area contributed by atoms with Crippen LogP contribution in [-0.4, -0.2) is 34.7 Å². The molecule has 0 N–H and O–H groups in total. The van der Waals surface area contributed by atoms with Crippen LogP contribution < -0.4 is 4.74 Å². The second kappa shape index (κ2) is 9.35. The Labute approximate surface area is 184 Å². The molecule has 4 rings (SSSR count). The second-order valence-electron chi connectivity index (χ2n) is 7.18. The van der Waals surface area contributed by atoms with E-state index in [2.05, 4.69) is 4.98 Å².